The van der Waals surface area contributed by atoms with Gasteiger partial charge in [-0.2, -0.15) is 0 Å². The van der Waals surface area contributed by atoms with Gasteiger partial charge in [-0.3, -0.25) is 9.59 Å². The molecule has 0 unspecified atom stereocenters. The third kappa shape index (κ3) is 4.91. The van der Waals surface area contributed by atoms with Crippen molar-refractivity contribution < 1.29 is 23.5 Å². The number of rotatable bonds is 7. The topological polar surface area (TPSA) is 89.8 Å². The Bertz CT molecular complexity index is 967. The quantitative estimate of drug-likeness (QED) is 0.649. The van der Waals surface area contributed by atoms with Crippen LogP contribution in [0.5, 0.6) is 11.5 Å². The van der Waals surface area contributed by atoms with Crippen LogP contribution in [0.1, 0.15) is 16.1 Å². The standard InChI is InChI=1S/C21H20N2O5/c1-14-8-9-17(19(11-14)26-2)28-13-20(24)22-15-5-3-6-16(12-15)23-21(25)18-7-4-10-27-18/h3-12H,13H2,1-2H3,(H,22,24)(H,23,25). The van der Waals surface area contributed by atoms with E-state index in [9.17, 15) is 9.59 Å². The van der Waals surface area contributed by atoms with E-state index in [2.05, 4.69) is 10.6 Å². The highest BCUT2D eigenvalue weighted by Gasteiger charge is 2.11. The van der Waals surface area contributed by atoms with Crippen LogP contribution in [0.3, 0.4) is 0 Å². The van der Waals surface area contributed by atoms with Crippen LogP contribution in [0, 0.1) is 6.92 Å². The molecule has 3 rings (SSSR count). The van der Waals surface area contributed by atoms with Crippen LogP contribution in [0.2, 0.25) is 0 Å². The fraction of sp³-hybridized carbons (Fsp3) is 0.143. The number of amides is 2. The van der Waals surface area contributed by atoms with Gasteiger partial charge in [-0.15, -0.1) is 0 Å². The zero-order chi connectivity index (χ0) is 19.9. The number of benzene rings is 2. The molecule has 0 fully saturated rings. The first kappa shape index (κ1) is 19.0. The van der Waals surface area contributed by atoms with Crippen molar-refractivity contribution in [3.8, 4) is 11.5 Å². The van der Waals surface area contributed by atoms with Gasteiger partial charge in [0.2, 0.25) is 0 Å². The zero-order valence-corrected chi connectivity index (χ0v) is 15.5. The number of carbonyl (C=O) groups excluding carboxylic acids is 2. The Kier molecular flexibility index (Phi) is 5.96. The first-order valence-electron chi connectivity index (χ1n) is 8.57. The first-order valence-corrected chi connectivity index (χ1v) is 8.57. The lowest BCUT2D eigenvalue weighted by atomic mass is 10.2. The van der Waals surface area contributed by atoms with E-state index in [4.69, 9.17) is 13.9 Å². The lowest BCUT2D eigenvalue weighted by molar-refractivity contribution is -0.118. The molecule has 0 saturated carbocycles. The summed E-state index contributed by atoms with van der Waals surface area (Å²) in [7, 11) is 1.55. The summed E-state index contributed by atoms with van der Waals surface area (Å²) in [6.45, 7) is 1.76. The molecule has 2 N–H and O–H groups in total. The smallest absolute Gasteiger partial charge is 0.291 e. The molecule has 7 nitrogen and oxygen atoms in total. The molecule has 2 amide bonds. The van der Waals surface area contributed by atoms with Gasteiger partial charge in [0, 0.05) is 11.4 Å². The van der Waals surface area contributed by atoms with Crippen molar-refractivity contribution in [2.45, 2.75) is 6.92 Å². The van der Waals surface area contributed by atoms with Gasteiger partial charge in [-0.25, -0.2) is 0 Å². The van der Waals surface area contributed by atoms with Gasteiger partial charge >= 0.3 is 0 Å². The molecule has 0 aliphatic carbocycles. The Balaban J connectivity index is 1.58. The van der Waals surface area contributed by atoms with Gasteiger partial charge in [0.05, 0.1) is 13.4 Å². The number of aryl methyl sites for hydroxylation is 1. The van der Waals surface area contributed by atoms with Crippen LogP contribution in [0.15, 0.2) is 65.3 Å². The summed E-state index contributed by atoms with van der Waals surface area (Å²) in [5.74, 6) is 0.549. The van der Waals surface area contributed by atoms with Gasteiger partial charge in [0.1, 0.15) is 0 Å². The zero-order valence-electron chi connectivity index (χ0n) is 15.5. The summed E-state index contributed by atoms with van der Waals surface area (Å²) in [4.78, 5) is 24.2. The molecule has 28 heavy (non-hydrogen) atoms. The number of hydrogen-bond acceptors (Lipinski definition) is 5. The largest absolute Gasteiger partial charge is 0.493 e. The Morgan fingerprint density at radius 1 is 0.964 bits per heavy atom. The van der Waals surface area contributed by atoms with Crippen LogP contribution in [0.4, 0.5) is 11.4 Å². The second-order valence-electron chi connectivity index (χ2n) is 6.00. The van der Waals surface area contributed by atoms with Gasteiger partial charge < -0.3 is 24.5 Å². The molecular weight excluding hydrogens is 360 g/mol. The minimum atomic E-state index is -0.372. The second-order valence-corrected chi connectivity index (χ2v) is 6.00. The van der Waals surface area contributed by atoms with Crippen molar-refractivity contribution in [2.75, 3.05) is 24.4 Å². The molecule has 0 saturated heterocycles. The molecule has 1 heterocycles. The molecule has 0 atom stereocenters. The minimum absolute atomic E-state index is 0.178. The molecule has 0 aliphatic rings. The van der Waals surface area contributed by atoms with Gasteiger partial charge in [0.15, 0.2) is 23.9 Å². The average molecular weight is 380 g/mol. The van der Waals surface area contributed by atoms with E-state index in [0.717, 1.165) is 5.56 Å². The van der Waals surface area contributed by atoms with Crippen LogP contribution < -0.4 is 20.1 Å². The van der Waals surface area contributed by atoms with Crippen molar-refractivity contribution in [3.63, 3.8) is 0 Å². The summed E-state index contributed by atoms with van der Waals surface area (Å²) >= 11 is 0. The predicted octanol–water partition coefficient (Wildman–Crippen LogP) is 3.87. The highest BCUT2D eigenvalue weighted by molar-refractivity contribution is 6.02. The van der Waals surface area contributed by atoms with E-state index in [1.807, 2.05) is 19.1 Å². The highest BCUT2D eigenvalue weighted by Crippen LogP contribution is 2.27. The third-order valence-corrected chi connectivity index (χ3v) is 3.83. The molecule has 144 valence electrons. The number of methoxy groups -OCH3 is 1. The maximum absolute atomic E-state index is 12.2. The van der Waals surface area contributed by atoms with Crippen molar-refractivity contribution in [2.24, 2.45) is 0 Å². The van der Waals surface area contributed by atoms with Gasteiger partial charge in [-0.1, -0.05) is 12.1 Å². The molecule has 3 aromatic rings. The number of anilines is 2. The lowest BCUT2D eigenvalue weighted by Crippen LogP contribution is -2.20. The fourth-order valence-corrected chi connectivity index (χ4v) is 2.51. The number of nitrogens with one attached hydrogen (secondary N) is 2. The van der Waals surface area contributed by atoms with Crippen molar-refractivity contribution in [1.82, 2.24) is 0 Å². The fourth-order valence-electron chi connectivity index (χ4n) is 2.51. The maximum Gasteiger partial charge on any atom is 0.291 e. The van der Waals surface area contributed by atoms with Crippen LogP contribution in [-0.4, -0.2) is 25.5 Å². The molecule has 0 radical (unpaired) electrons. The highest BCUT2D eigenvalue weighted by atomic mass is 16.5. The van der Waals surface area contributed by atoms with Crippen LogP contribution in [0.25, 0.3) is 0 Å². The number of ether oxygens (including phenoxy) is 2. The Morgan fingerprint density at radius 2 is 1.75 bits per heavy atom. The molecule has 0 bridgehead atoms. The third-order valence-electron chi connectivity index (χ3n) is 3.83. The Morgan fingerprint density at radius 3 is 2.46 bits per heavy atom. The van der Waals surface area contributed by atoms with Crippen molar-refractivity contribution in [1.29, 1.82) is 0 Å². The summed E-state index contributed by atoms with van der Waals surface area (Å²) < 4.78 is 15.9. The van der Waals surface area contributed by atoms with E-state index in [1.165, 1.54) is 6.26 Å². The number of hydrogen-bond donors (Lipinski definition) is 2. The summed E-state index contributed by atoms with van der Waals surface area (Å²) in [5, 5.41) is 5.43. The first-order chi connectivity index (χ1) is 13.5. The number of carbonyl (C=O) groups is 2. The van der Waals surface area contributed by atoms with E-state index < -0.39 is 0 Å². The molecule has 2 aromatic carbocycles. The Hall–Kier alpha value is -3.74. The predicted molar refractivity (Wildman–Crippen MR) is 105 cm³/mol. The molecule has 0 aliphatic heterocycles. The maximum atomic E-state index is 12.2. The second kappa shape index (κ2) is 8.77. The summed E-state index contributed by atoms with van der Waals surface area (Å²) in [5.41, 5.74) is 2.09. The van der Waals surface area contributed by atoms with Crippen LogP contribution in [-0.2, 0) is 4.79 Å². The van der Waals surface area contributed by atoms with Crippen molar-refractivity contribution >= 4 is 23.2 Å². The summed E-state index contributed by atoms with van der Waals surface area (Å²) in [6.07, 6.45) is 1.43. The van der Waals surface area contributed by atoms with E-state index in [1.54, 1.807) is 49.6 Å². The minimum Gasteiger partial charge on any atom is -0.493 e. The normalized spacial score (nSPS) is 10.2. The van der Waals surface area contributed by atoms with E-state index in [-0.39, 0.29) is 24.2 Å². The average Bonchev–Trinajstić information content (AvgIpc) is 3.22. The monoisotopic (exact) mass is 380 g/mol. The molecule has 1 aromatic heterocycles. The van der Waals surface area contributed by atoms with E-state index in [0.29, 0.717) is 22.9 Å². The molecule has 0 spiro atoms. The van der Waals surface area contributed by atoms with Gasteiger partial charge in [0.25, 0.3) is 11.8 Å². The Labute approximate surface area is 162 Å². The van der Waals surface area contributed by atoms with Crippen LogP contribution >= 0.6 is 0 Å². The van der Waals surface area contributed by atoms with Crippen molar-refractivity contribution in [3.05, 3.63) is 72.2 Å². The van der Waals surface area contributed by atoms with Gasteiger partial charge in [-0.05, 0) is 55.0 Å². The summed E-state index contributed by atoms with van der Waals surface area (Å²) in [6, 6.07) is 15.5. The molecule has 7 heteroatoms. The molecular formula is C21H20N2O5. The number of furan rings is 1. The lowest BCUT2D eigenvalue weighted by Gasteiger charge is -2.12. The SMILES string of the molecule is COc1cc(C)ccc1OCC(=O)Nc1cccc(NC(=O)c2ccco2)c1. The van der Waals surface area contributed by atoms with E-state index >= 15 is 0 Å².